The van der Waals surface area contributed by atoms with Gasteiger partial charge in [0.2, 0.25) is 0 Å². The van der Waals surface area contributed by atoms with E-state index in [1.54, 1.807) is 0 Å². The van der Waals surface area contributed by atoms with Crippen LogP contribution in [0.5, 0.6) is 0 Å². The average Bonchev–Trinajstić information content (AvgIpc) is 3.42. The summed E-state index contributed by atoms with van der Waals surface area (Å²) in [5.74, 6) is 0.463. The van der Waals surface area contributed by atoms with Gasteiger partial charge in [-0.3, -0.25) is 0 Å². The van der Waals surface area contributed by atoms with Gasteiger partial charge < -0.3 is 4.57 Å². The first-order chi connectivity index (χ1) is 18.5. The minimum Gasteiger partial charge on any atom is -0.309 e. The van der Waals surface area contributed by atoms with Gasteiger partial charge in [-0.05, 0) is 87.7 Å². The number of aromatic nitrogens is 1. The highest BCUT2D eigenvalue weighted by atomic mass is 35.5. The van der Waals surface area contributed by atoms with E-state index in [2.05, 4.69) is 109 Å². The van der Waals surface area contributed by atoms with Gasteiger partial charge in [0.05, 0.1) is 22.1 Å². The molecule has 1 unspecified atom stereocenters. The van der Waals surface area contributed by atoms with Gasteiger partial charge in [-0.2, -0.15) is 0 Å². The SMILES string of the molecule is CCC(C)c1ccc2c(c1)C1(c3ccccc3-c3ccccc31)c1cc(Cl)cc3c4cc(Cl)ccc4n-2c13. The highest BCUT2D eigenvalue weighted by Crippen LogP contribution is 2.61. The summed E-state index contributed by atoms with van der Waals surface area (Å²) in [6, 6.07) is 35.5. The minimum atomic E-state index is -0.469. The number of hydrogen-bond donors (Lipinski definition) is 0. The highest BCUT2D eigenvalue weighted by Gasteiger charge is 2.51. The molecule has 8 rings (SSSR count). The Labute approximate surface area is 232 Å². The van der Waals surface area contributed by atoms with Gasteiger partial charge in [-0.1, -0.05) is 97.7 Å². The molecule has 1 aliphatic carbocycles. The molecule has 1 aromatic heterocycles. The molecule has 1 aliphatic heterocycles. The molecule has 2 aliphatic rings. The van der Waals surface area contributed by atoms with Crippen LogP contribution in [-0.2, 0) is 5.41 Å². The van der Waals surface area contributed by atoms with Gasteiger partial charge in [0.15, 0.2) is 0 Å². The van der Waals surface area contributed by atoms with Crippen molar-refractivity contribution in [3.63, 3.8) is 0 Å². The summed E-state index contributed by atoms with van der Waals surface area (Å²) in [5.41, 5.74) is 12.3. The fourth-order valence-corrected chi connectivity index (χ4v) is 7.56. The van der Waals surface area contributed by atoms with Crippen LogP contribution in [0.2, 0.25) is 10.0 Å². The number of halogens is 2. The number of benzene rings is 5. The van der Waals surface area contributed by atoms with E-state index in [1.807, 2.05) is 6.07 Å². The molecule has 1 atom stereocenters. The predicted octanol–water partition coefficient (Wildman–Crippen LogP) is 10.3. The fraction of sp³-hybridized carbons (Fsp3) is 0.143. The first kappa shape index (κ1) is 22.5. The largest absolute Gasteiger partial charge is 0.309 e. The lowest BCUT2D eigenvalue weighted by molar-refractivity contribution is 0.713. The Hall–Kier alpha value is -3.52. The lowest BCUT2D eigenvalue weighted by atomic mass is 9.65. The zero-order chi connectivity index (χ0) is 25.8. The normalized spacial score (nSPS) is 15.1. The molecule has 38 heavy (non-hydrogen) atoms. The Bertz CT molecular complexity index is 1920. The molecule has 0 saturated heterocycles. The summed E-state index contributed by atoms with van der Waals surface area (Å²) in [6.45, 7) is 4.59. The summed E-state index contributed by atoms with van der Waals surface area (Å²) < 4.78 is 2.44. The number of fused-ring (bicyclic) bond motifs is 12. The van der Waals surface area contributed by atoms with Crippen molar-refractivity contribution in [2.45, 2.75) is 31.6 Å². The molecule has 5 aromatic carbocycles. The van der Waals surface area contributed by atoms with Gasteiger partial charge in [0.1, 0.15) is 0 Å². The molecule has 0 saturated carbocycles. The van der Waals surface area contributed by atoms with Gasteiger partial charge in [0, 0.05) is 20.8 Å². The number of hydrogen-bond acceptors (Lipinski definition) is 0. The Balaban J connectivity index is 1.67. The van der Waals surface area contributed by atoms with Crippen LogP contribution in [0.15, 0.2) is 97.1 Å². The zero-order valence-electron chi connectivity index (χ0n) is 21.2. The van der Waals surface area contributed by atoms with E-state index >= 15 is 0 Å². The maximum Gasteiger partial charge on any atom is 0.0755 e. The molecule has 0 N–H and O–H groups in total. The third kappa shape index (κ3) is 2.64. The molecule has 6 aromatic rings. The Morgan fingerprint density at radius 3 is 2.08 bits per heavy atom. The van der Waals surface area contributed by atoms with E-state index < -0.39 is 5.41 Å². The number of nitrogens with zero attached hydrogens (tertiary/aromatic N) is 1. The van der Waals surface area contributed by atoms with Gasteiger partial charge >= 0.3 is 0 Å². The van der Waals surface area contributed by atoms with Crippen LogP contribution >= 0.6 is 23.2 Å². The van der Waals surface area contributed by atoms with Crippen molar-refractivity contribution >= 4 is 45.0 Å². The van der Waals surface area contributed by atoms with Crippen molar-refractivity contribution in [3.05, 3.63) is 135 Å². The summed E-state index contributed by atoms with van der Waals surface area (Å²) in [7, 11) is 0. The molecule has 0 amide bonds. The summed E-state index contributed by atoms with van der Waals surface area (Å²) >= 11 is 13.5. The smallest absolute Gasteiger partial charge is 0.0755 e. The third-order valence-electron chi connectivity index (χ3n) is 8.99. The van der Waals surface area contributed by atoms with Crippen molar-refractivity contribution < 1.29 is 0 Å². The first-order valence-electron chi connectivity index (χ1n) is 13.3. The van der Waals surface area contributed by atoms with Crippen molar-refractivity contribution in [1.29, 1.82) is 0 Å². The monoisotopic (exact) mass is 529 g/mol. The summed E-state index contributed by atoms with van der Waals surface area (Å²) in [6.07, 6.45) is 1.09. The average molecular weight is 530 g/mol. The second-order valence-corrected chi connectivity index (χ2v) is 11.6. The fourth-order valence-electron chi connectivity index (χ4n) is 7.17. The van der Waals surface area contributed by atoms with Gasteiger partial charge in [-0.15, -0.1) is 0 Å². The molecular weight excluding hydrogens is 505 g/mol. The molecule has 184 valence electrons. The Morgan fingerprint density at radius 2 is 1.37 bits per heavy atom. The maximum absolute atomic E-state index is 6.98. The van der Waals surface area contributed by atoms with Crippen LogP contribution in [0.25, 0.3) is 38.6 Å². The summed E-state index contributed by atoms with van der Waals surface area (Å²) in [4.78, 5) is 0. The van der Waals surface area contributed by atoms with Crippen molar-refractivity contribution in [3.8, 4) is 16.8 Å². The van der Waals surface area contributed by atoms with Crippen LogP contribution in [0.1, 0.15) is 54.0 Å². The molecule has 1 spiro atoms. The standard InChI is InChI=1S/C35H25Cl2N/c1-3-20(2)21-12-14-33-30(16-21)35(28-10-6-4-8-24(28)25-9-5-7-11-29(25)35)31-19-23(37)18-27-26-17-22(36)13-15-32(26)38(33)34(27)31/h4-20H,3H2,1-2H3. The van der Waals surface area contributed by atoms with E-state index in [0.29, 0.717) is 5.92 Å². The lowest BCUT2D eigenvalue weighted by Gasteiger charge is -2.40. The maximum atomic E-state index is 6.98. The predicted molar refractivity (Wildman–Crippen MR) is 160 cm³/mol. The lowest BCUT2D eigenvalue weighted by Crippen LogP contribution is -2.33. The molecule has 0 fully saturated rings. The Morgan fingerprint density at radius 1 is 0.684 bits per heavy atom. The summed E-state index contributed by atoms with van der Waals surface area (Å²) in [5, 5.41) is 3.75. The highest BCUT2D eigenvalue weighted by molar-refractivity contribution is 6.33. The van der Waals surface area contributed by atoms with Crippen LogP contribution in [0, 0.1) is 0 Å². The molecule has 0 bridgehead atoms. The molecule has 1 nitrogen and oxygen atoms in total. The molecular formula is C35H25Cl2N. The molecule has 0 radical (unpaired) electrons. The van der Waals surface area contributed by atoms with E-state index in [-0.39, 0.29) is 0 Å². The molecule has 2 heterocycles. The van der Waals surface area contributed by atoms with Crippen LogP contribution in [0.3, 0.4) is 0 Å². The Kier molecular flexibility index (Phi) is 4.59. The van der Waals surface area contributed by atoms with E-state index in [1.165, 1.54) is 50.1 Å². The van der Waals surface area contributed by atoms with Crippen LogP contribution in [-0.4, -0.2) is 4.57 Å². The second kappa shape index (κ2) is 7.76. The topological polar surface area (TPSA) is 4.93 Å². The van der Waals surface area contributed by atoms with Crippen LogP contribution in [0.4, 0.5) is 0 Å². The van der Waals surface area contributed by atoms with Crippen molar-refractivity contribution in [2.24, 2.45) is 0 Å². The molecule has 3 heteroatoms. The quantitative estimate of drug-likeness (QED) is 0.210. The van der Waals surface area contributed by atoms with Crippen molar-refractivity contribution in [1.82, 2.24) is 4.57 Å². The minimum absolute atomic E-state index is 0.463. The zero-order valence-corrected chi connectivity index (χ0v) is 22.7. The third-order valence-corrected chi connectivity index (χ3v) is 9.44. The number of rotatable bonds is 2. The van der Waals surface area contributed by atoms with Gasteiger partial charge in [-0.25, -0.2) is 0 Å². The van der Waals surface area contributed by atoms with Gasteiger partial charge in [0.25, 0.3) is 0 Å². The van der Waals surface area contributed by atoms with E-state index in [9.17, 15) is 0 Å². The van der Waals surface area contributed by atoms with Crippen LogP contribution < -0.4 is 0 Å². The first-order valence-corrected chi connectivity index (χ1v) is 14.1. The van der Waals surface area contributed by atoms with Crippen molar-refractivity contribution in [2.75, 3.05) is 0 Å². The van der Waals surface area contributed by atoms with E-state index in [0.717, 1.165) is 32.8 Å². The van der Waals surface area contributed by atoms with E-state index in [4.69, 9.17) is 23.2 Å². The second-order valence-electron chi connectivity index (χ2n) is 10.8.